The summed E-state index contributed by atoms with van der Waals surface area (Å²) >= 11 is 0. The van der Waals surface area contributed by atoms with Gasteiger partial charge in [-0.1, -0.05) is 32.3 Å². The topological polar surface area (TPSA) is 107 Å². The van der Waals surface area contributed by atoms with Gasteiger partial charge in [0.15, 0.2) is 5.75 Å². The van der Waals surface area contributed by atoms with E-state index in [1.807, 2.05) is 26.1 Å². The van der Waals surface area contributed by atoms with Gasteiger partial charge in [-0.2, -0.15) is 0 Å². The summed E-state index contributed by atoms with van der Waals surface area (Å²) in [4.78, 5) is 34.6. The van der Waals surface area contributed by atoms with Crippen LogP contribution in [-0.2, 0) is 6.54 Å². The maximum atomic E-state index is 13.7. The Bertz CT molecular complexity index is 1080. The van der Waals surface area contributed by atoms with E-state index in [0.29, 0.717) is 30.1 Å². The number of rotatable bonds is 8. The number of anilines is 1. The fourth-order valence-electron chi connectivity index (χ4n) is 5.32. The molecule has 9 nitrogen and oxygen atoms in total. The van der Waals surface area contributed by atoms with E-state index in [-0.39, 0.29) is 42.7 Å². The van der Waals surface area contributed by atoms with Gasteiger partial charge >= 0.3 is 6.03 Å². The lowest BCUT2D eigenvalue weighted by Gasteiger charge is -2.38. The van der Waals surface area contributed by atoms with Crippen molar-refractivity contribution in [3.05, 3.63) is 53.9 Å². The molecule has 0 bridgehead atoms. The number of likely N-dealkylation sites (N-methyl/N-ethyl adjacent to an activating group) is 1. The number of carbonyl (C=O) groups is 2. The highest BCUT2D eigenvalue weighted by Crippen LogP contribution is 2.35. The molecule has 4 rings (SSSR count). The Kier molecular flexibility index (Phi) is 9.58. The lowest BCUT2D eigenvalue weighted by Crippen LogP contribution is -2.50. The summed E-state index contributed by atoms with van der Waals surface area (Å²) in [5, 5.41) is 15.9. The van der Waals surface area contributed by atoms with Crippen LogP contribution >= 0.6 is 0 Å². The number of benzene rings is 1. The summed E-state index contributed by atoms with van der Waals surface area (Å²) < 4.78 is 6.61. The van der Waals surface area contributed by atoms with Crippen LogP contribution in [0.5, 0.6) is 5.75 Å². The van der Waals surface area contributed by atoms with Crippen LogP contribution in [0.4, 0.5) is 10.5 Å². The second kappa shape index (κ2) is 13.1. The van der Waals surface area contributed by atoms with E-state index in [0.717, 1.165) is 37.8 Å². The number of aliphatic hydroxyl groups excluding tert-OH is 1. The first-order valence-electron chi connectivity index (χ1n) is 13.7. The van der Waals surface area contributed by atoms with Crippen molar-refractivity contribution >= 4 is 17.6 Å². The number of aromatic nitrogens is 1. The lowest BCUT2D eigenvalue weighted by atomic mass is 9.96. The molecule has 38 heavy (non-hydrogen) atoms. The minimum absolute atomic E-state index is 0.0230. The lowest BCUT2D eigenvalue weighted by molar-refractivity contribution is 0.0343. The SMILES string of the molecule is C[C@H]1CN([C@@H](C)CO)C(=O)c2cccc(NC(=O)NC3CCCCC3)c2O[C@H]1CN(C)Cc1ccncc1. The van der Waals surface area contributed by atoms with Gasteiger partial charge in [-0.15, -0.1) is 0 Å². The van der Waals surface area contributed by atoms with Crippen molar-refractivity contribution in [2.75, 3.05) is 32.1 Å². The van der Waals surface area contributed by atoms with E-state index in [2.05, 4.69) is 27.4 Å². The van der Waals surface area contributed by atoms with Crippen LogP contribution in [0.3, 0.4) is 0 Å². The summed E-state index contributed by atoms with van der Waals surface area (Å²) in [6.07, 6.45) is 8.71. The number of pyridine rings is 1. The third-order valence-corrected chi connectivity index (χ3v) is 7.57. The smallest absolute Gasteiger partial charge is 0.319 e. The van der Waals surface area contributed by atoms with Crippen molar-refractivity contribution in [3.63, 3.8) is 0 Å². The molecule has 1 fully saturated rings. The standard InChI is InChI=1S/C29H41N5O4/c1-20-16-34(21(2)19-35)28(36)24-10-7-11-25(32-29(37)31-23-8-5-4-6-9-23)27(24)38-26(20)18-33(3)17-22-12-14-30-15-13-22/h7,10-15,20-21,23,26,35H,4-6,8-9,16-19H2,1-3H3,(H2,31,32,37)/t20-,21-,26-/m0/s1. The molecule has 1 aromatic heterocycles. The summed E-state index contributed by atoms with van der Waals surface area (Å²) in [5.74, 6) is 0.138. The third kappa shape index (κ3) is 7.02. The summed E-state index contributed by atoms with van der Waals surface area (Å²) in [7, 11) is 2.04. The molecule has 3 amide bonds. The molecule has 2 aliphatic rings. The highest BCUT2D eigenvalue weighted by atomic mass is 16.5. The van der Waals surface area contributed by atoms with Gasteiger partial charge in [-0.3, -0.25) is 14.7 Å². The molecule has 1 aliphatic carbocycles. The monoisotopic (exact) mass is 523 g/mol. The van der Waals surface area contributed by atoms with Crippen LogP contribution in [0.2, 0.25) is 0 Å². The Labute approximate surface area is 225 Å². The zero-order valence-corrected chi connectivity index (χ0v) is 22.7. The van der Waals surface area contributed by atoms with Crippen LogP contribution in [0.15, 0.2) is 42.7 Å². The van der Waals surface area contributed by atoms with Crippen molar-refractivity contribution in [1.82, 2.24) is 20.1 Å². The number of amides is 3. The van der Waals surface area contributed by atoms with E-state index in [4.69, 9.17) is 4.74 Å². The molecular formula is C29H41N5O4. The Balaban J connectivity index is 1.60. The van der Waals surface area contributed by atoms with Gasteiger partial charge in [0, 0.05) is 44.0 Å². The molecule has 1 saturated carbocycles. The van der Waals surface area contributed by atoms with Crippen LogP contribution in [0.25, 0.3) is 0 Å². The average molecular weight is 524 g/mol. The maximum absolute atomic E-state index is 13.7. The van der Waals surface area contributed by atoms with Gasteiger partial charge in [0.05, 0.1) is 23.9 Å². The normalized spacial score (nSPS) is 21.2. The summed E-state index contributed by atoms with van der Waals surface area (Å²) in [6.45, 7) is 5.56. The maximum Gasteiger partial charge on any atom is 0.319 e. The van der Waals surface area contributed by atoms with Gasteiger partial charge < -0.3 is 25.4 Å². The zero-order valence-electron chi connectivity index (χ0n) is 22.7. The number of hydrogen-bond donors (Lipinski definition) is 3. The molecule has 1 aromatic carbocycles. The van der Waals surface area contributed by atoms with Gasteiger partial charge in [0.1, 0.15) is 6.10 Å². The summed E-state index contributed by atoms with van der Waals surface area (Å²) in [5.41, 5.74) is 2.00. The van der Waals surface area contributed by atoms with Gasteiger partial charge in [0.2, 0.25) is 0 Å². The molecule has 0 spiro atoms. The molecule has 0 radical (unpaired) electrons. The molecule has 3 N–H and O–H groups in total. The van der Waals surface area contributed by atoms with Crippen molar-refractivity contribution in [2.45, 2.75) is 70.7 Å². The second-order valence-electron chi connectivity index (χ2n) is 10.8. The molecule has 0 saturated heterocycles. The Morgan fingerprint density at radius 3 is 2.66 bits per heavy atom. The zero-order chi connectivity index (χ0) is 27.1. The number of aliphatic hydroxyl groups is 1. The van der Waals surface area contributed by atoms with Crippen molar-refractivity contribution in [2.24, 2.45) is 5.92 Å². The molecular weight excluding hydrogens is 482 g/mol. The molecule has 9 heteroatoms. The van der Waals surface area contributed by atoms with E-state index in [9.17, 15) is 14.7 Å². The average Bonchev–Trinajstić information content (AvgIpc) is 2.91. The number of nitrogens with zero attached hydrogens (tertiary/aromatic N) is 3. The van der Waals surface area contributed by atoms with Crippen LogP contribution in [0.1, 0.15) is 61.9 Å². The Morgan fingerprint density at radius 1 is 1.21 bits per heavy atom. The summed E-state index contributed by atoms with van der Waals surface area (Å²) in [6, 6.07) is 8.76. The highest BCUT2D eigenvalue weighted by Gasteiger charge is 2.34. The molecule has 0 unspecified atom stereocenters. The van der Waals surface area contributed by atoms with Crippen molar-refractivity contribution in [1.29, 1.82) is 0 Å². The minimum Gasteiger partial charge on any atom is -0.486 e. The van der Waals surface area contributed by atoms with E-state index in [1.165, 1.54) is 6.42 Å². The van der Waals surface area contributed by atoms with Crippen molar-refractivity contribution in [3.8, 4) is 5.75 Å². The first kappa shape index (κ1) is 27.9. The Morgan fingerprint density at radius 2 is 1.95 bits per heavy atom. The molecule has 2 heterocycles. The van der Waals surface area contributed by atoms with Gasteiger partial charge in [-0.25, -0.2) is 4.79 Å². The fourth-order valence-corrected chi connectivity index (χ4v) is 5.32. The second-order valence-corrected chi connectivity index (χ2v) is 10.8. The molecule has 3 atom stereocenters. The number of hydrogen-bond acceptors (Lipinski definition) is 6. The minimum atomic E-state index is -0.350. The van der Waals surface area contributed by atoms with Gasteiger partial charge in [0.25, 0.3) is 5.91 Å². The third-order valence-electron chi connectivity index (χ3n) is 7.57. The number of urea groups is 1. The van der Waals surface area contributed by atoms with E-state index in [1.54, 1.807) is 35.5 Å². The van der Waals surface area contributed by atoms with E-state index >= 15 is 0 Å². The number of para-hydroxylation sites is 1. The van der Waals surface area contributed by atoms with Crippen molar-refractivity contribution < 1.29 is 19.4 Å². The first-order chi connectivity index (χ1) is 18.4. The number of carbonyl (C=O) groups excluding carboxylic acids is 2. The largest absolute Gasteiger partial charge is 0.486 e. The van der Waals surface area contributed by atoms with Crippen LogP contribution in [0, 0.1) is 5.92 Å². The quantitative estimate of drug-likeness (QED) is 0.485. The first-order valence-corrected chi connectivity index (χ1v) is 13.7. The predicted molar refractivity (Wildman–Crippen MR) is 147 cm³/mol. The molecule has 1 aliphatic heterocycles. The number of fused-ring (bicyclic) bond motifs is 1. The fraction of sp³-hybridized carbons (Fsp3) is 0.552. The molecule has 206 valence electrons. The predicted octanol–water partition coefficient (Wildman–Crippen LogP) is 3.89. The number of nitrogens with one attached hydrogen (secondary N) is 2. The highest BCUT2D eigenvalue weighted by molar-refractivity contribution is 6.01. The van der Waals surface area contributed by atoms with Crippen LogP contribution in [-0.4, -0.2) is 76.8 Å². The van der Waals surface area contributed by atoms with Crippen LogP contribution < -0.4 is 15.4 Å². The van der Waals surface area contributed by atoms with E-state index < -0.39 is 0 Å². The van der Waals surface area contributed by atoms with Gasteiger partial charge in [-0.05, 0) is 56.6 Å². The Hall–Kier alpha value is -3.17. The molecule has 2 aromatic rings. The number of ether oxygens (including phenoxy) is 1.